The van der Waals surface area contributed by atoms with E-state index in [0.29, 0.717) is 25.5 Å². The largest absolute Gasteiger partial charge is 0.486 e. The number of sulfonamides is 1. The van der Waals surface area contributed by atoms with Crippen LogP contribution in [-0.2, 0) is 14.8 Å². The van der Waals surface area contributed by atoms with Crippen molar-refractivity contribution in [2.75, 3.05) is 26.3 Å². The molecule has 0 radical (unpaired) electrons. The van der Waals surface area contributed by atoms with Gasteiger partial charge in [-0.2, -0.15) is 0 Å². The summed E-state index contributed by atoms with van der Waals surface area (Å²) in [6.45, 7) is 5.61. The summed E-state index contributed by atoms with van der Waals surface area (Å²) in [6.07, 6.45) is 1.91. The maximum Gasteiger partial charge on any atom is 0.240 e. The second-order valence-corrected chi connectivity index (χ2v) is 9.81. The molecule has 0 saturated carbocycles. The van der Waals surface area contributed by atoms with Crippen molar-refractivity contribution in [2.24, 2.45) is 0 Å². The van der Waals surface area contributed by atoms with Crippen molar-refractivity contribution in [3.8, 4) is 11.5 Å². The van der Waals surface area contributed by atoms with Crippen LogP contribution in [0, 0.1) is 13.8 Å². The fourth-order valence-corrected chi connectivity index (χ4v) is 5.20. The molecule has 2 aliphatic rings. The summed E-state index contributed by atoms with van der Waals surface area (Å²) in [4.78, 5) is 14.9. The molecule has 31 heavy (non-hydrogen) atoms. The van der Waals surface area contributed by atoms with Gasteiger partial charge in [0.25, 0.3) is 0 Å². The summed E-state index contributed by atoms with van der Waals surface area (Å²) in [5.74, 6) is 1.39. The smallest absolute Gasteiger partial charge is 0.240 e. The Bertz CT molecular complexity index is 1080. The highest BCUT2D eigenvalue weighted by Crippen LogP contribution is 2.38. The van der Waals surface area contributed by atoms with Crippen LogP contribution >= 0.6 is 0 Å². The van der Waals surface area contributed by atoms with Gasteiger partial charge < -0.3 is 14.4 Å². The van der Waals surface area contributed by atoms with Gasteiger partial charge in [0.2, 0.25) is 15.9 Å². The molecule has 0 aromatic heterocycles. The van der Waals surface area contributed by atoms with Crippen LogP contribution in [0.1, 0.15) is 42.0 Å². The monoisotopic (exact) mass is 444 g/mol. The molecule has 1 N–H and O–H groups in total. The SMILES string of the molecule is Cc1ccc(S(=O)(=O)NCCC(=O)N2CCC[C@@H]2c2ccc3c(c2)OCCO3)cc1C. The van der Waals surface area contributed by atoms with Gasteiger partial charge in [0.15, 0.2) is 11.5 Å². The summed E-state index contributed by atoms with van der Waals surface area (Å²) >= 11 is 0. The number of hydrogen-bond acceptors (Lipinski definition) is 5. The second kappa shape index (κ2) is 8.88. The predicted octanol–water partition coefficient (Wildman–Crippen LogP) is 3.11. The molecule has 1 atom stereocenters. The minimum Gasteiger partial charge on any atom is -0.486 e. The second-order valence-electron chi connectivity index (χ2n) is 8.04. The van der Waals surface area contributed by atoms with Gasteiger partial charge >= 0.3 is 0 Å². The van der Waals surface area contributed by atoms with E-state index in [2.05, 4.69) is 4.72 Å². The Morgan fingerprint density at radius 2 is 1.84 bits per heavy atom. The van der Waals surface area contributed by atoms with E-state index in [1.165, 1.54) is 0 Å². The summed E-state index contributed by atoms with van der Waals surface area (Å²) in [5.41, 5.74) is 2.97. The van der Waals surface area contributed by atoms with Crippen LogP contribution in [-0.4, -0.2) is 45.5 Å². The first-order valence-corrected chi connectivity index (χ1v) is 12.1. The molecule has 1 fully saturated rings. The van der Waals surface area contributed by atoms with E-state index in [1.54, 1.807) is 18.2 Å². The number of carbonyl (C=O) groups excluding carboxylic acids is 1. The lowest BCUT2D eigenvalue weighted by atomic mass is 10.0. The number of ether oxygens (including phenoxy) is 2. The molecular formula is C23H28N2O5S. The quantitative estimate of drug-likeness (QED) is 0.740. The first kappa shape index (κ1) is 21.6. The summed E-state index contributed by atoms with van der Waals surface area (Å²) in [6, 6.07) is 10.8. The molecular weight excluding hydrogens is 416 g/mol. The van der Waals surface area contributed by atoms with Gasteiger partial charge in [-0.1, -0.05) is 12.1 Å². The number of likely N-dealkylation sites (tertiary alicyclic amines) is 1. The number of hydrogen-bond donors (Lipinski definition) is 1. The van der Waals surface area contributed by atoms with Crippen molar-refractivity contribution >= 4 is 15.9 Å². The van der Waals surface area contributed by atoms with Gasteiger partial charge in [-0.15, -0.1) is 0 Å². The maximum atomic E-state index is 12.9. The number of carbonyl (C=O) groups is 1. The molecule has 1 amide bonds. The van der Waals surface area contributed by atoms with Gasteiger partial charge in [-0.05, 0) is 67.6 Å². The highest BCUT2D eigenvalue weighted by atomic mass is 32.2. The molecule has 2 aromatic carbocycles. The van der Waals surface area contributed by atoms with Crippen molar-refractivity contribution in [1.29, 1.82) is 0 Å². The lowest BCUT2D eigenvalue weighted by molar-refractivity contribution is -0.131. The summed E-state index contributed by atoms with van der Waals surface area (Å²) in [7, 11) is -3.65. The van der Waals surface area contributed by atoms with Gasteiger partial charge in [-0.3, -0.25) is 4.79 Å². The molecule has 1 saturated heterocycles. The Morgan fingerprint density at radius 1 is 1.06 bits per heavy atom. The molecule has 4 rings (SSSR count). The molecule has 2 aromatic rings. The fraction of sp³-hybridized carbons (Fsp3) is 0.435. The third kappa shape index (κ3) is 4.70. The Labute approximate surface area is 183 Å². The Balaban J connectivity index is 1.38. The van der Waals surface area contributed by atoms with Crippen LogP contribution in [0.5, 0.6) is 11.5 Å². The van der Waals surface area contributed by atoms with Gasteiger partial charge in [0.1, 0.15) is 13.2 Å². The van der Waals surface area contributed by atoms with Crippen molar-refractivity contribution in [1.82, 2.24) is 9.62 Å². The minimum atomic E-state index is -3.65. The van der Waals surface area contributed by atoms with E-state index in [9.17, 15) is 13.2 Å². The summed E-state index contributed by atoms with van der Waals surface area (Å²) < 4.78 is 38.9. The third-order valence-corrected chi connectivity index (χ3v) is 7.40. The van der Waals surface area contributed by atoms with E-state index >= 15 is 0 Å². The van der Waals surface area contributed by atoms with Crippen LogP contribution in [0.3, 0.4) is 0 Å². The average Bonchev–Trinajstić information content (AvgIpc) is 3.25. The molecule has 7 nitrogen and oxygen atoms in total. The zero-order valence-electron chi connectivity index (χ0n) is 17.9. The van der Waals surface area contributed by atoms with Crippen LogP contribution in [0.15, 0.2) is 41.3 Å². The predicted molar refractivity (Wildman–Crippen MR) is 117 cm³/mol. The third-order valence-electron chi connectivity index (χ3n) is 5.94. The lowest BCUT2D eigenvalue weighted by Crippen LogP contribution is -2.34. The van der Waals surface area contributed by atoms with Crippen LogP contribution in [0.4, 0.5) is 0 Å². The molecule has 0 spiro atoms. The molecule has 2 aliphatic heterocycles. The van der Waals surface area contributed by atoms with Crippen LogP contribution in [0.2, 0.25) is 0 Å². The molecule has 0 unspecified atom stereocenters. The summed E-state index contributed by atoms with van der Waals surface area (Å²) in [5, 5.41) is 0. The Morgan fingerprint density at radius 3 is 2.61 bits per heavy atom. The van der Waals surface area contributed by atoms with Gasteiger partial charge in [-0.25, -0.2) is 13.1 Å². The molecule has 0 aliphatic carbocycles. The van der Waals surface area contributed by atoms with Crippen molar-refractivity contribution in [3.05, 3.63) is 53.1 Å². The van der Waals surface area contributed by atoms with Crippen LogP contribution < -0.4 is 14.2 Å². The number of fused-ring (bicyclic) bond motifs is 1. The highest BCUT2D eigenvalue weighted by Gasteiger charge is 2.30. The van der Waals surface area contributed by atoms with E-state index in [0.717, 1.165) is 35.3 Å². The van der Waals surface area contributed by atoms with Crippen molar-refractivity contribution in [3.63, 3.8) is 0 Å². The van der Waals surface area contributed by atoms with Crippen molar-refractivity contribution in [2.45, 2.75) is 44.0 Å². The number of benzene rings is 2. The minimum absolute atomic E-state index is 0.0281. The van der Waals surface area contributed by atoms with Gasteiger partial charge in [0, 0.05) is 19.5 Å². The standard InChI is InChI=1S/C23H28N2O5S/c1-16-5-7-19(14-17(16)2)31(27,28)24-10-9-23(26)25-11-3-4-20(25)18-6-8-21-22(15-18)30-13-12-29-21/h5-8,14-15,20,24H,3-4,9-13H2,1-2H3/t20-/m1/s1. The maximum absolute atomic E-state index is 12.9. The normalized spacial score (nSPS) is 18.3. The first-order valence-electron chi connectivity index (χ1n) is 10.6. The number of nitrogens with zero attached hydrogens (tertiary/aromatic N) is 1. The Kier molecular flexibility index (Phi) is 6.20. The zero-order valence-corrected chi connectivity index (χ0v) is 18.7. The molecule has 0 bridgehead atoms. The van der Waals surface area contributed by atoms with E-state index in [4.69, 9.17) is 9.47 Å². The molecule has 8 heteroatoms. The molecule has 166 valence electrons. The van der Waals surface area contributed by atoms with Gasteiger partial charge in [0.05, 0.1) is 10.9 Å². The zero-order chi connectivity index (χ0) is 22.0. The van der Waals surface area contributed by atoms with E-state index in [-0.39, 0.29) is 29.8 Å². The highest BCUT2D eigenvalue weighted by molar-refractivity contribution is 7.89. The van der Waals surface area contributed by atoms with Crippen molar-refractivity contribution < 1.29 is 22.7 Å². The van der Waals surface area contributed by atoms with E-state index < -0.39 is 10.0 Å². The number of rotatable bonds is 6. The fourth-order valence-electron chi connectivity index (χ4n) is 4.08. The molecule has 2 heterocycles. The Hall–Kier alpha value is -2.58. The first-order chi connectivity index (χ1) is 14.8. The number of aryl methyl sites for hydroxylation is 2. The number of nitrogens with one attached hydrogen (secondary N) is 1. The number of amides is 1. The lowest BCUT2D eigenvalue weighted by Gasteiger charge is -2.27. The topological polar surface area (TPSA) is 84.9 Å². The average molecular weight is 445 g/mol. The van der Waals surface area contributed by atoms with Crippen LogP contribution in [0.25, 0.3) is 0 Å². The van der Waals surface area contributed by atoms with E-state index in [1.807, 2.05) is 36.9 Å².